The van der Waals surface area contributed by atoms with Crippen LogP contribution in [0.1, 0.15) is 0 Å². The Labute approximate surface area is 34.1 Å². The van der Waals surface area contributed by atoms with Crippen molar-refractivity contribution < 1.29 is 25.2 Å². The van der Waals surface area contributed by atoms with Gasteiger partial charge in [-0.2, -0.15) is 0 Å². The molecular weight excluding hydrogens is 90.8 g/mol. The minimum Gasteiger partial charge on any atom is -0.268 e. The highest BCUT2D eigenvalue weighted by atomic mass is 17.5. The van der Waals surface area contributed by atoms with Gasteiger partial charge in [0.2, 0.25) is 0 Å². The molecule has 0 spiro atoms. The molecule has 0 rings (SSSR count). The summed E-state index contributed by atoms with van der Waals surface area (Å²) in [6.45, 7) is 0. The van der Waals surface area contributed by atoms with Crippen LogP contribution in [0.3, 0.4) is 0 Å². The molecule has 0 amide bonds. The fourth-order valence-electron chi connectivity index (χ4n) is 0.0430. The molecule has 0 bridgehead atoms. The van der Waals surface area contributed by atoms with Crippen molar-refractivity contribution in [2.45, 2.75) is 0 Å². The first-order valence-electron chi connectivity index (χ1n) is 1.11. The van der Waals surface area contributed by atoms with Crippen molar-refractivity contribution in [1.82, 2.24) is 0 Å². The van der Waals surface area contributed by atoms with E-state index in [0.717, 1.165) is 0 Å². The van der Waals surface area contributed by atoms with Crippen LogP contribution >= 0.6 is 0 Å². The molecule has 5 nitrogen and oxygen atoms in total. The Kier molecular flexibility index (Phi) is 4.76. The van der Waals surface area contributed by atoms with Crippen LogP contribution in [0.25, 0.3) is 0 Å². The Bertz CT molecular complexity index is 15.9. The van der Waals surface area contributed by atoms with E-state index < -0.39 is 7.69 Å². The van der Waals surface area contributed by atoms with E-state index in [9.17, 15) is 0 Å². The lowest BCUT2D eigenvalue weighted by Gasteiger charge is -1.85. The zero-order chi connectivity index (χ0) is 4.83. The summed E-state index contributed by atoms with van der Waals surface area (Å²) in [4.78, 5) is 6.84. The lowest BCUT2D eigenvalue weighted by molar-refractivity contribution is -0.450. The Morgan fingerprint density at radius 2 is 2.00 bits per heavy atom. The monoisotopic (exact) mass is 94.0 g/mol. The minimum atomic E-state index is -0.503. The standard InChI is InChI=1S/BH3O5/c2-4-1-5-6-3/h1-3H. The first-order valence-corrected chi connectivity index (χ1v) is 1.11. The summed E-state index contributed by atoms with van der Waals surface area (Å²) in [6, 6.07) is 0. The molecule has 2 N–H and O–H groups in total. The second-order valence-corrected chi connectivity index (χ2v) is 0.439. The van der Waals surface area contributed by atoms with Crippen molar-refractivity contribution in [1.29, 1.82) is 0 Å². The fourth-order valence-corrected chi connectivity index (χ4v) is 0.0430. The summed E-state index contributed by atoms with van der Waals surface area (Å²) in [5, 5.41) is 17.7. The average Bonchev–Trinajstić information content (AvgIpc) is 1.61. The first-order chi connectivity index (χ1) is 2.91. The summed E-state index contributed by atoms with van der Waals surface area (Å²) in [7, 11) is -0.503. The topological polar surface area (TPSA) is 68.2 Å². The minimum absolute atomic E-state index is 0.503. The summed E-state index contributed by atoms with van der Waals surface area (Å²) in [5.74, 6) is 0. The van der Waals surface area contributed by atoms with E-state index in [2.05, 4.69) is 14.6 Å². The Morgan fingerprint density at radius 3 is 2.17 bits per heavy atom. The summed E-state index contributed by atoms with van der Waals surface area (Å²) >= 11 is 0. The molecule has 0 saturated carbocycles. The van der Waals surface area contributed by atoms with Crippen LogP contribution in [0.5, 0.6) is 0 Å². The first kappa shape index (κ1) is 5.86. The van der Waals surface area contributed by atoms with Crippen LogP contribution in [0.4, 0.5) is 0 Å². The summed E-state index contributed by atoms with van der Waals surface area (Å²) in [6.07, 6.45) is 0. The largest absolute Gasteiger partial charge is 0.509 e. The molecule has 0 saturated heterocycles. The number of hydrogen-bond donors (Lipinski definition) is 2. The van der Waals surface area contributed by atoms with Crippen LogP contribution in [-0.2, 0) is 14.6 Å². The molecule has 0 heterocycles. The van der Waals surface area contributed by atoms with Crippen LogP contribution in [0.2, 0.25) is 0 Å². The third-order valence-corrected chi connectivity index (χ3v) is 0.154. The molecule has 0 fully saturated rings. The highest BCUT2D eigenvalue weighted by molar-refractivity contribution is 6.16. The van der Waals surface area contributed by atoms with E-state index in [4.69, 9.17) is 10.5 Å². The molecule has 0 unspecified atom stereocenters. The molecule has 0 aliphatic heterocycles. The predicted molar refractivity (Wildman–Crippen MR) is 15.7 cm³/mol. The van der Waals surface area contributed by atoms with Gasteiger partial charge in [0.25, 0.3) is 0 Å². The maximum atomic E-state index is 7.38. The SMILES string of the molecule is OOBOOO. The van der Waals surface area contributed by atoms with Crippen molar-refractivity contribution in [3.05, 3.63) is 0 Å². The molecule has 36 valence electrons. The maximum Gasteiger partial charge on any atom is 0.509 e. The van der Waals surface area contributed by atoms with E-state index in [-0.39, 0.29) is 0 Å². The molecular formula is H3BO5. The zero-order valence-electron chi connectivity index (χ0n) is 2.83. The second kappa shape index (κ2) is 4.86. The molecule has 0 atom stereocenters. The summed E-state index contributed by atoms with van der Waals surface area (Å²) in [5.41, 5.74) is 0. The Morgan fingerprint density at radius 1 is 1.33 bits per heavy atom. The smallest absolute Gasteiger partial charge is 0.268 e. The third-order valence-electron chi connectivity index (χ3n) is 0.154. The van der Waals surface area contributed by atoms with Gasteiger partial charge in [0.1, 0.15) is 0 Å². The zero-order valence-corrected chi connectivity index (χ0v) is 2.83. The van der Waals surface area contributed by atoms with Crippen LogP contribution < -0.4 is 0 Å². The van der Waals surface area contributed by atoms with Gasteiger partial charge in [0, 0.05) is 0 Å². The van der Waals surface area contributed by atoms with Gasteiger partial charge in [0.05, 0.1) is 0 Å². The van der Waals surface area contributed by atoms with Crippen molar-refractivity contribution in [3.8, 4) is 0 Å². The Balaban J connectivity index is 2.34. The lowest BCUT2D eigenvalue weighted by Crippen LogP contribution is -1.99. The lowest BCUT2D eigenvalue weighted by atomic mass is 10.4. The quantitative estimate of drug-likeness (QED) is 0.206. The van der Waals surface area contributed by atoms with E-state index in [0.29, 0.717) is 0 Å². The van der Waals surface area contributed by atoms with E-state index >= 15 is 0 Å². The van der Waals surface area contributed by atoms with Crippen molar-refractivity contribution in [2.24, 2.45) is 0 Å². The van der Waals surface area contributed by atoms with Crippen LogP contribution in [0, 0.1) is 0 Å². The second-order valence-electron chi connectivity index (χ2n) is 0.439. The van der Waals surface area contributed by atoms with Gasteiger partial charge < -0.3 is 0 Å². The van der Waals surface area contributed by atoms with E-state index in [1.165, 1.54) is 0 Å². The van der Waals surface area contributed by atoms with Crippen molar-refractivity contribution in [2.75, 3.05) is 0 Å². The van der Waals surface area contributed by atoms with Gasteiger partial charge in [0.15, 0.2) is 0 Å². The van der Waals surface area contributed by atoms with E-state index in [1.807, 2.05) is 0 Å². The van der Waals surface area contributed by atoms with Gasteiger partial charge >= 0.3 is 7.69 Å². The van der Waals surface area contributed by atoms with Gasteiger partial charge in [-0.3, -0.25) is 10.1 Å². The van der Waals surface area contributed by atoms with Gasteiger partial charge in [-0.1, -0.05) is 5.04 Å². The van der Waals surface area contributed by atoms with Gasteiger partial charge in [-0.15, -0.1) is 0 Å². The Hall–Kier alpha value is -0.135. The molecule has 0 aromatic carbocycles. The van der Waals surface area contributed by atoms with Crippen molar-refractivity contribution >= 4 is 7.69 Å². The highest BCUT2D eigenvalue weighted by Crippen LogP contribution is 1.64. The van der Waals surface area contributed by atoms with Crippen LogP contribution in [0.15, 0.2) is 0 Å². The van der Waals surface area contributed by atoms with Gasteiger partial charge in [-0.25, -0.2) is 10.1 Å². The molecule has 0 aliphatic rings. The number of rotatable bonds is 3. The van der Waals surface area contributed by atoms with Crippen molar-refractivity contribution in [3.63, 3.8) is 0 Å². The molecule has 0 aromatic heterocycles. The molecule has 0 radical (unpaired) electrons. The normalized spacial score (nSPS) is 8.33. The highest BCUT2D eigenvalue weighted by Gasteiger charge is 1.84. The average molecular weight is 93.8 g/mol. The number of hydrogen-bond acceptors (Lipinski definition) is 5. The maximum absolute atomic E-state index is 7.38. The predicted octanol–water partition coefficient (Wildman–Crippen LogP) is -0.836. The third kappa shape index (κ3) is 3.86. The fraction of sp³-hybridized carbons (Fsp3) is 0. The molecule has 0 aromatic rings. The van der Waals surface area contributed by atoms with E-state index in [1.54, 1.807) is 0 Å². The molecule has 6 heavy (non-hydrogen) atoms. The molecule has 0 aliphatic carbocycles. The molecule has 6 heteroatoms. The van der Waals surface area contributed by atoms with Gasteiger partial charge in [-0.05, 0) is 0 Å². The van der Waals surface area contributed by atoms with Crippen LogP contribution in [-0.4, -0.2) is 18.2 Å². The summed E-state index contributed by atoms with van der Waals surface area (Å²) < 4.78 is 0.